The molecule has 0 fully saturated rings. The third kappa shape index (κ3) is 2.24. The smallest absolute Gasteiger partial charge is 0.178 e. The molecule has 0 amide bonds. The Kier molecular flexibility index (Phi) is 4.64. The minimum absolute atomic E-state index is 0. The maximum atomic E-state index is 11.3. The number of ketones is 1. The Morgan fingerprint density at radius 1 is 1.40 bits per heavy atom. The highest BCUT2D eigenvalue weighted by Crippen LogP contribution is 2.11. The molecule has 2 aromatic rings. The fraction of sp³-hybridized carbons (Fsp3) is 0.200. The molecule has 2 rings (SSSR count). The topological polar surface area (TPSA) is 65.9 Å². The number of fused-ring (bicyclic) bond motifs is 1. The van der Waals surface area contributed by atoms with E-state index in [4.69, 9.17) is 0 Å². The summed E-state index contributed by atoms with van der Waals surface area (Å²) in [7, 11) is 0. The molecule has 0 saturated carbocycles. The summed E-state index contributed by atoms with van der Waals surface area (Å²) >= 11 is 0. The Balaban J connectivity index is 0.000000980. The number of carbonyl (C=O) groups is 1. The van der Waals surface area contributed by atoms with Gasteiger partial charge in [-0.15, -0.1) is 17.0 Å². The van der Waals surface area contributed by atoms with Crippen molar-refractivity contribution in [2.45, 2.75) is 13.8 Å². The van der Waals surface area contributed by atoms with Crippen LogP contribution in [0.15, 0.2) is 24.4 Å². The van der Waals surface area contributed by atoms with E-state index in [9.17, 15) is 4.79 Å². The molecule has 0 aliphatic carbocycles. The van der Waals surface area contributed by atoms with Crippen molar-refractivity contribution in [1.82, 2.24) is 9.38 Å². The van der Waals surface area contributed by atoms with Gasteiger partial charge in [0.1, 0.15) is 11.3 Å². The van der Waals surface area contributed by atoms with Crippen molar-refractivity contribution in [3.05, 3.63) is 35.8 Å². The predicted octanol–water partition coefficient (Wildman–Crippen LogP) is 1.60. The average Bonchev–Trinajstić information content (AvgIpc) is 2.39. The fourth-order valence-corrected chi connectivity index (χ4v) is 1.54. The third-order valence-electron chi connectivity index (χ3n) is 2.04. The molecule has 5 heteroatoms. The standard InChI is InChI=1S/C10H10N2O.BrH.H2O/c1-7-10(8(2)13)12-6-4-3-5-9(12)11-7;;/h3-6H,1-2H3;1H;1H2. The van der Waals surface area contributed by atoms with Crippen LogP contribution in [0.4, 0.5) is 0 Å². The molecule has 15 heavy (non-hydrogen) atoms. The molecule has 2 heterocycles. The molecule has 0 saturated heterocycles. The summed E-state index contributed by atoms with van der Waals surface area (Å²) in [6.07, 6.45) is 1.85. The zero-order chi connectivity index (χ0) is 9.42. The number of nitrogens with zero attached hydrogens (tertiary/aromatic N) is 2. The van der Waals surface area contributed by atoms with Crippen LogP contribution in [0.1, 0.15) is 23.1 Å². The van der Waals surface area contributed by atoms with Crippen LogP contribution in [0.5, 0.6) is 0 Å². The van der Waals surface area contributed by atoms with Gasteiger partial charge in [0.15, 0.2) is 5.78 Å². The molecule has 2 aromatic heterocycles. The van der Waals surface area contributed by atoms with Gasteiger partial charge >= 0.3 is 0 Å². The molecule has 0 atom stereocenters. The second-order valence-corrected chi connectivity index (χ2v) is 3.03. The fourth-order valence-electron chi connectivity index (χ4n) is 1.54. The zero-order valence-electron chi connectivity index (χ0n) is 8.52. The molecule has 0 aliphatic rings. The highest BCUT2D eigenvalue weighted by Gasteiger charge is 2.11. The maximum absolute atomic E-state index is 11.3. The van der Waals surface area contributed by atoms with Crippen molar-refractivity contribution >= 4 is 28.4 Å². The van der Waals surface area contributed by atoms with E-state index < -0.39 is 0 Å². The number of carbonyl (C=O) groups excluding carboxylic acids is 1. The average molecular weight is 273 g/mol. The van der Waals surface area contributed by atoms with E-state index in [2.05, 4.69) is 4.98 Å². The van der Waals surface area contributed by atoms with Crippen molar-refractivity contribution in [2.24, 2.45) is 0 Å². The first-order valence-electron chi connectivity index (χ1n) is 4.15. The number of halogens is 1. The predicted molar refractivity (Wildman–Crippen MR) is 63.9 cm³/mol. The molecule has 82 valence electrons. The first kappa shape index (κ1) is 13.8. The quantitative estimate of drug-likeness (QED) is 0.741. The number of Topliss-reactive ketones (excluding diaryl/α,β-unsaturated/α-hetero) is 1. The Bertz CT molecular complexity index is 479. The second kappa shape index (κ2) is 5.04. The van der Waals surface area contributed by atoms with Crippen LogP contribution in [0.3, 0.4) is 0 Å². The SMILES string of the molecule is Br.CC(=O)c1c(C)nc2ccccn12.O. The van der Waals surface area contributed by atoms with Crippen LogP contribution < -0.4 is 0 Å². The molecule has 0 bridgehead atoms. The van der Waals surface area contributed by atoms with Gasteiger partial charge in [-0.1, -0.05) is 6.07 Å². The van der Waals surface area contributed by atoms with Gasteiger partial charge in [0, 0.05) is 13.1 Å². The van der Waals surface area contributed by atoms with Crippen LogP contribution in [0, 0.1) is 6.92 Å². The van der Waals surface area contributed by atoms with Gasteiger partial charge in [-0.3, -0.25) is 9.20 Å². The number of rotatable bonds is 1. The van der Waals surface area contributed by atoms with E-state index in [1.807, 2.05) is 35.7 Å². The molecule has 4 nitrogen and oxygen atoms in total. The maximum Gasteiger partial charge on any atom is 0.178 e. The van der Waals surface area contributed by atoms with Crippen molar-refractivity contribution in [3.63, 3.8) is 0 Å². The minimum atomic E-state index is 0. The highest BCUT2D eigenvalue weighted by molar-refractivity contribution is 8.93. The van der Waals surface area contributed by atoms with E-state index in [0.717, 1.165) is 11.3 Å². The second-order valence-electron chi connectivity index (χ2n) is 3.03. The molecule has 0 aliphatic heterocycles. The Labute approximate surface area is 98.0 Å². The number of aromatic nitrogens is 2. The van der Waals surface area contributed by atoms with Crippen LogP contribution in [0.25, 0.3) is 5.65 Å². The molecule has 2 N–H and O–H groups in total. The number of hydrogen-bond donors (Lipinski definition) is 0. The number of hydrogen-bond acceptors (Lipinski definition) is 2. The van der Waals surface area contributed by atoms with Crippen molar-refractivity contribution < 1.29 is 10.3 Å². The number of imidazole rings is 1. The minimum Gasteiger partial charge on any atom is -0.412 e. The summed E-state index contributed by atoms with van der Waals surface area (Å²) in [5.74, 6) is 0.0520. The van der Waals surface area contributed by atoms with E-state index >= 15 is 0 Å². The van der Waals surface area contributed by atoms with Gasteiger partial charge in [-0.05, 0) is 19.1 Å². The van der Waals surface area contributed by atoms with Crippen molar-refractivity contribution in [2.75, 3.05) is 0 Å². The summed E-state index contributed by atoms with van der Waals surface area (Å²) in [5, 5.41) is 0. The molecular formula is C10H13BrN2O2. The van der Waals surface area contributed by atoms with Crippen LogP contribution in [-0.4, -0.2) is 20.6 Å². The van der Waals surface area contributed by atoms with E-state index in [0.29, 0.717) is 5.69 Å². The van der Waals surface area contributed by atoms with Crippen LogP contribution in [-0.2, 0) is 0 Å². The van der Waals surface area contributed by atoms with Crippen LogP contribution >= 0.6 is 17.0 Å². The van der Waals surface area contributed by atoms with Gasteiger partial charge in [0.05, 0.1) is 5.69 Å². The Morgan fingerprint density at radius 2 is 2.07 bits per heavy atom. The van der Waals surface area contributed by atoms with Gasteiger partial charge in [-0.2, -0.15) is 0 Å². The third-order valence-corrected chi connectivity index (χ3v) is 2.04. The van der Waals surface area contributed by atoms with Gasteiger partial charge in [0.25, 0.3) is 0 Å². The zero-order valence-corrected chi connectivity index (χ0v) is 10.2. The number of aryl methyl sites for hydroxylation is 1. The lowest BCUT2D eigenvalue weighted by atomic mass is 10.2. The van der Waals surface area contributed by atoms with Gasteiger partial charge in [-0.25, -0.2) is 4.98 Å². The summed E-state index contributed by atoms with van der Waals surface area (Å²) < 4.78 is 1.82. The normalized spacial score (nSPS) is 9.20. The highest BCUT2D eigenvalue weighted by atomic mass is 79.9. The summed E-state index contributed by atoms with van der Waals surface area (Å²) in [6.45, 7) is 3.41. The Morgan fingerprint density at radius 3 is 2.67 bits per heavy atom. The molecule has 0 spiro atoms. The lowest BCUT2D eigenvalue weighted by Crippen LogP contribution is -1.99. The van der Waals surface area contributed by atoms with Crippen molar-refractivity contribution in [3.8, 4) is 0 Å². The summed E-state index contributed by atoms with van der Waals surface area (Å²) in [4.78, 5) is 15.6. The number of pyridine rings is 1. The van der Waals surface area contributed by atoms with Crippen molar-refractivity contribution in [1.29, 1.82) is 0 Å². The molecule has 0 radical (unpaired) electrons. The monoisotopic (exact) mass is 272 g/mol. The lowest BCUT2D eigenvalue weighted by molar-refractivity contribution is 0.101. The van der Waals surface area contributed by atoms with Gasteiger partial charge < -0.3 is 5.48 Å². The molecular weight excluding hydrogens is 260 g/mol. The Hall–Kier alpha value is -1.20. The van der Waals surface area contributed by atoms with E-state index in [1.165, 1.54) is 0 Å². The largest absolute Gasteiger partial charge is 0.412 e. The van der Waals surface area contributed by atoms with Crippen LogP contribution in [0.2, 0.25) is 0 Å². The summed E-state index contributed by atoms with van der Waals surface area (Å²) in [6, 6.07) is 5.69. The van der Waals surface area contributed by atoms with E-state index in [-0.39, 0.29) is 28.2 Å². The van der Waals surface area contributed by atoms with E-state index in [1.54, 1.807) is 6.92 Å². The van der Waals surface area contributed by atoms with Gasteiger partial charge in [0.2, 0.25) is 0 Å². The molecule has 0 unspecified atom stereocenters. The first-order chi connectivity index (χ1) is 6.20. The molecule has 0 aromatic carbocycles. The first-order valence-corrected chi connectivity index (χ1v) is 4.15. The summed E-state index contributed by atoms with van der Waals surface area (Å²) in [5.41, 5.74) is 2.29. The lowest BCUT2D eigenvalue weighted by Gasteiger charge is -1.96.